The van der Waals surface area contributed by atoms with Crippen molar-refractivity contribution in [2.75, 3.05) is 18.5 Å². The molecule has 0 aliphatic heterocycles. The molecule has 1 heterocycles. The first kappa shape index (κ1) is 14.2. The molecule has 0 aliphatic carbocycles. The van der Waals surface area contributed by atoms with Crippen LogP contribution in [0.1, 0.15) is 38.7 Å². The quantitative estimate of drug-likeness (QED) is 0.824. The average molecular weight is 258 g/mol. The molecule has 1 unspecified atom stereocenters. The average Bonchev–Trinajstić information content (AvgIpc) is 2.24. The van der Waals surface area contributed by atoms with E-state index in [0.717, 1.165) is 17.9 Å². The first-order valence-corrected chi connectivity index (χ1v) is 6.20. The number of aromatic nitrogens is 2. The minimum Gasteiger partial charge on any atom is -0.393 e. The van der Waals surface area contributed by atoms with Crippen molar-refractivity contribution in [3.05, 3.63) is 17.0 Å². The summed E-state index contributed by atoms with van der Waals surface area (Å²) < 4.78 is 0. The number of aliphatic hydroxyl groups is 1. The first-order valence-electron chi connectivity index (χ1n) is 5.83. The number of hydrogen-bond acceptors (Lipinski definition) is 4. The molecule has 0 fully saturated rings. The lowest BCUT2D eigenvalue weighted by Crippen LogP contribution is -2.24. The molecule has 0 amide bonds. The molecule has 5 heteroatoms. The zero-order chi connectivity index (χ0) is 13.0. The van der Waals surface area contributed by atoms with Crippen molar-refractivity contribution in [2.45, 2.75) is 39.2 Å². The van der Waals surface area contributed by atoms with E-state index in [9.17, 15) is 5.11 Å². The SMILES string of the molecule is CC(O)CCN(C)c1ncnc(Cl)c1C(C)C. The molecule has 1 aromatic heterocycles. The Bertz CT molecular complexity index is 369. The highest BCUT2D eigenvalue weighted by atomic mass is 35.5. The fourth-order valence-corrected chi connectivity index (χ4v) is 2.00. The van der Waals surface area contributed by atoms with Crippen LogP contribution in [0.2, 0.25) is 5.15 Å². The van der Waals surface area contributed by atoms with E-state index in [2.05, 4.69) is 23.8 Å². The van der Waals surface area contributed by atoms with Gasteiger partial charge in [0.15, 0.2) is 0 Å². The van der Waals surface area contributed by atoms with Gasteiger partial charge in [0, 0.05) is 19.2 Å². The molecule has 0 radical (unpaired) electrons. The summed E-state index contributed by atoms with van der Waals surface area (Å²) in [6.45, 7) is 6.65. The Balaban J connectivity index is 2.92. The summed E-state index contributed by atoms with van der Waals surface area (Å²) in [5, 5.41) is 9.80. The maximum Gasteiger partial charge on any atom is 0.138 e. The molecule has 96 valence electrons. The zero-order valence-corrected chi connectivity index (χ0v) is 11.6. The molecule has 0 aliphatic rings. The normalized spacial score (nSPS) is 12.9. The molecule has 0 aromatic carbocycles. The lowest BCUT2D eigenvalue weighted by atomic mass is 10.1. The van der Waals surface area contributed by atoms with E-state index in [1.54, 1.807) is 6.92 Å². The fourth-order valence-electron chi connectivity index (χ4n) is 1.65. The molecule has 0 bridgehead atoms. The van der Waals surface area contributed by atoms with E-state index in [0.29, 0.717) is 11.6 Å². The van der Waals surface area contributed by atoms with Crippen LogP contribution in [0.5, 0.6) is 0 Å². The standard InChI is InChI=1S/C12H20ClN3O/c1-8(2)10-11(13)14-7-15-12(10)16(4)6-5-9(3)17/h7-9,17H,5-6H2,1-4H3. The van der Waals surface area contributed by atoms with Crippen LogP contribution < -0.4 is 4.90 Å². The van der Waals surface area contributed by atoms with Crippen LogP contribution in [0.25, 0.3) is 0 Å². The van der Waals surface area contributed by atoms with Crippen LogP contribution in [0.15, 0.2) is 6.33 Å². The highest BCUT2D eigenvalue weighted by molar-refractivity contribution is 6.30. The van der Waals surface area contributed by atoms with E-state index < -0.39 is 0 Å². The van der Waals surface area contributed by atoms with Gasteiger partial charge in [-0.15, -0.1) is 0 Å². The summed E-state index contributed by atoms with van der Waals surface area (Å²) in [6.07, 6.45) is 1.87. The third kappa shape index (κ3) is 3.82. The van der Waals surface area contributed by atoms with Gasteiger partial charge in [-0.3, -0.25) is 0 Å². The molecule has 1 atom stereocenters. The Hall–Kier alpha value is -0.870. The van der Waals surface area contributed by atoms with Crippen molar-refractivity contribution in [3.8, 4) is 0 Å². The first-order chi connectivity index (χ1) is 7.93. The maximum atomic E-state index is 9.30. The number of halogens is 1. The second kappa shape index (κ2) is 6.17. The van der Waals surface area contributed by atoms with Crippen LogP contribution in [0.3, 0.4) is 0 Å². The summed E-state index contributed by atoms with van der Waals surface area (Å²) in [7, 11) is 1.95. The van der Waals surface area contributed by atoms with E-state index in [-0.39, 0.29) is 12.0 Å². The van der Waals surface area contributed by atoms with Crippen LogP contribution in [0.4, 0.5) is 5.82 Å². The van der Waals surface area contributed by atoms with Crippen LogP contribution in [-0.4, -0.2) is 34.8 Å². The van der Waals surface area contributed by atoms with Crippen LogP contribution in [0, 0.1) is 0 Å². The molecule has 4 nitrogen and oxygen atoms in total. The summed E-state index contributed by atoms with van der Waals surface area (Å²) >= 11 is 6.10. The molecule has 1 aromatic rings. The van der Waals surface area contributed by atoms with Crippen LogP contribution in [-0.2, 0) is 0 Å². The Kier molecular flexibility index (Phi) is 5.15. The summed E-state index contributed by atoms with van der Waals surface area (Å²) in [6, 6.07) is 0. The van der Waals surface area contributed by atoms with Gasteiger partial charge in [-0.25, -0.2) is 9.97 Å². The topological polar surface area (TPSA) is 49.2 Å². The third-order valence-corrected chi connectivity index (χ3v) is 2.94. The predicted octanol–water partition coefficient (Wildman–Crippen LogP) is 2.46. The van der Waals surface area contributed by atoms with E-state index >= 15 is 0 Å². The Morgan fingerprint density at radius 3 is 2.53 bits per heavy atom. The van der Waals surface area contributed by atoms with E-state index in [1.165, 1.54) is 6.33 Å². The number of aliphatic hydroxyl groups excluding tert-OH is 1. The minimum absolute atomic E-state index is 0.271. The molecule has 1 rings (SSSR count). The van der Waals surface area contributed by atoms with Gasteiger partial charge in [0.05, 0.1) is 6.10 Å². The van der Waals surface area contributed by atoms with Crippen molar-refractivity contribution < 1.29 is 5.11 Å². The minimum atomic E-state index is -0.308. The predicted molar refractivity (Wildman–Crippen MR) is 70.7 cm³/mol. The van der Waals surface area contributed by atoms with Gasteiger partial charge in [-0.1, -0.05) is 25.4 Å². The van der Waals surface area contributed by atoms with Gasteiger partial charge in [0.2, 0.25) is 0 Å². The number of anilines is 1. The van der Waals surface area contributed by atoms with E-state index in [1.807, 2.05) is 11.9 Å². The molecule has 0 saturated heterocycles. The van der Waals surface area contributed by atoms with Crippen LogP contribution >= 0.6 is 11.6 Å². The fraction of sp³-hybridized carbons (Fsp3) is 0.667. The van der Waals surface area contributed by atoms with Crippen molar-refractivity contribution in [3.63, 3.8) is 0 Å². The number of rotatable bonds is 5. The van der Waals surface area contributed by atoms with Gasteiger partial charge >= 0.3 is 0 Å². The number of nitrogens with zero attached hydrogens (tertiary/aromatic N) is 3. The zero-order valence-electron chi connectivity index (χ0n) is 10.8. The highest BCUT2D eigenvalue weighted by Gasteiger charge is 2.16. The summed E-state index contributed by atoms with van der Waals surface area (Å²) in [5.74, 6) is 1.12. The van der Waals surface area contributed by atoms with Gasteiger partial charge in [0.25, 0.3) is 0 Å². The van der Waals surface area contributed by atoms with Gasteiger partial charge in [0.1, 0.15) is 17.3 Å². The molecular weight excluding hydrogens is 238 g/mol. The lowest BCUT2D eigenvalue weighted by Gasteiger charge is -2.23. The summed E-state index contributed by atoms with van der Waals surface area (Å²) in [4.78, 5) is 10.3. The van der Waals surface area contributed by atoms with E-state index in [4.69, 9.17) is 11.6 Å². The third-order valence-electron chi connectivity index (χ3n) is 2.64. The Morgan fingerprint density at radius 1 is 1.35 bits per heavy atom. The molecular formula is C12H20ClN3O. The second-order valence-corrected chi connectivity index (χ2v) is 4.97. The van der Waals surface area contributed by atoms with Crippen molar-refractivity contribution >= 4 is 17.4 Å². The molecule has 0 saturated carbocycles. The van der Waals surface area contributed by atoms with Crippen molar-refractivity contribution in [1.29, 1.82) is 0 Å². The number of hydrogen-bond donors (Lipinski definition) is 1. The smallest absolute Gasteiger partial charge is 0.138 e. The van der Waals surface area contributed by atoms with Crippen molar-refractivity contribution in [2.24, 2.45) is 0 Å². The van der Waals surface area contributed by atoms with Crippen molar-refractivity contribution in [1.82, 2.24) is 9.97 Å². The second-order valence-electron chi connectivity index (χ2n) is 4.62. The monoisotopic (exact) mass is 257 g/mol. The Morgan fingerprint density at radius 2 is 2.00 bits per heavy atom. The lowest BCUT2D eigenvalue weighted by molar-refractivity contribution is 0.187. The van der Waals surface area contributed by atoms with Gasteiger partial charge in [-0.2, -0.15) is 0 Å². The highest BCUT2D eigenvalue weighted by Crippen LogP contribution is 2.29. The van der Waals surface area contributed by atoms with Gasteiger partial charge < -0.3 is 10.0 Å². The molecule has 0 spiro atoms. The molecule has 1 N–H and O–H groups in total. The Labute approximate surface area is 108 Å². The largest absolute Gasteiger partial charge is 0.393 e. The van der Waals surface area contributed by atoms with Gasteiger partial charge in [-0.05, 0) is 19.3 Å². The summed E-state index contributed by atoms with van der Waals surface area (Å²) in [5.41, 5.74) is 0.960. The maximum absolute atomic E-state index is 9.30. The molecule has 17 heavy (non-hydrogen) atoms.